The van der Waals surface area contributed by atoms with Crippen LogP contribution in [0.15, 0.2) is 103 Å². The number of pyridine rings is 1. The van der Waals surface area contributed by atoms with E-state index in [4.69, 9.17) is 4.74 Å². The number of carbonyl (C=O) groups is 1. The van der Waals surface area contributed by atoms with Crippen molar-refractivity contribution in [3.05, 3.63) is 120 Å². The second-order valence-corrected chi connectivity index (χ2v) is 8.97. The van der Waals surface area contributed by atoms with E-state index in [0.717, 1.165) is 38.8 Å². The molecule has 0 aliphatic carbocycles. The lowest BCUT2D eigenvalue weighted by Crippen LogP contribution is -2.27. The molecule has 0 saturated carbocycles. The maximum Gasteiger partial charge on any atom is 0.227 e. The summed E-state index contributed by atoms with van der Waals surface area (Å²) in [6, 6.07) is 28.4. The molecule has 1 atom stereocenters. The van der Waals surface area contributed by atoms with E-state index in [9.17, 15) is 9.18 Å². The van der Waals surface area contributed by atoms with Gasteiger partial charge in [-0.05, 0) is 64.4 Å². The van der Waals surface area contributed by atoms with E-state index in [1.54, 1.807) is 26.3 Å². The Labute approximate surface area is 215 Å². The number of halogens is 1. The first-order valence-electron chi connectivity index (χ1n) is 12.2. The Hall–Kier alpha value is -4.51. The highest BCUT2D eigenvalue weighted by atomic mass is 19.1. The predicted octanol–water partition coefficient (Wildman–Crippen LogP) is 7.14. The van der Waals surface area contributed by atoms with Gasteiger partial charge in [-0.1, -0.05) is 66.7 Å². The quantitative estimate of drug-likeness (QED) is 0.264. The van der Waals surface area contributed by atoms with Crippen molar-refractivity contribution in [2.75, 3.05) is 7.11 Å². The lowest BCUT2D eigenvalue weighted by molar-refractivity contribution is -0.122. The van der Waals surface area contributed by atoms with Crippen LogP contribution < -0.4 is 10.1 Å². The Morgan fingerprint density at radius 2 is 1.68 bits per heavy atom. The van der Waals surface area contributed by atoms with Crippen LogP contribution in [-0.2, 0) is 11.3 Å². The van der Waals surface area contributed by atoms with Crippen LogP contribution in [0.1, 0.15) is 24.0 Å². The zero-order valence-corrected chi connectivity index (χ0v) is 20.7. The van der Waals surface area contributed by atoms with Crippen molar-refractivity contribution in [1.82, 2.24) is 10.3 Å². The third-order valence-electron chi connectivity index (χ3n) is 6.71. The summed E-state index contributed by atoms with van der Waals surface area (Å²) in [6.45, 7) is 2.13. The minimum Gasteiger partial charge on any atom is -0.497 e. The van der Waals surface area contributed by atoms with Crippen molar-refractivity contribution in [3.63, 3.8) is 0 Å². The van der Waals surface area contributed by atoms with Gasteiger partial charge in [-0.15, -0.1) is 0 Å². The van der Waals surface area contributed by atoms with E-state index in [1.165, 1.54) is 6.07 Å². The normalized spacial score (nSPS) is 11.8. The molecule has 0 fully saturated rings. The molecular formula is C32H27FN2O2. The maximum atomic E-state index is 14.9. The van der Waals surface area contributed by atoms with E-state index in [0.29, 0.717) is 17.7 Å². The minimum absolute atomic E-state index is 0.166. The number of benzene rings is 4. The maximum absolute atomic E-state index is 14.9. The van der Waals surface area contributed by atoms with Gasteiger partial charge in [0.1, 0.15) is 11.6 Å². The minimum atomic E-state index is -0.500. The first-order valence-corrected chi connectivity index (χ1v) is 12.2. The standard InChI is InChI=1S/C32H27FN2O2/c1-21(23-11-14-28(31(33)18-23)22-7-4-3-5-8-22)32(36)35-19-25-12-13-27(29-15-16-34-20-30(25)29)24-9-6-10-26(17-24)37-2/h3-18,20-21H,19H2,1-2H3,(H,35,36). The van der Waals surface area contributed by atoms with Crippen LogP contribution in [0.25, 0.3) is 33.0 Å². The Kier molecular flexibility index (Phi) is 6.95. The van der Waals surface area contributed by atoms with Crippen LogP contribution in [0.2, 0.25) is 0 Å². The number of carbonyl (C=O) groups excluding carboxylic acids is 1. The smallest absolute Gasteiger partial charge is 0.227 e. The first kappa shape index (κ1) is 24.2. The van der Waals surface area contributed by atoms with Crippen LogP contribution in [0.5, 0.6) is 5.75 Å². The number of hydrogen-bond acceptors (Lipinski definition) is 3. The number of methoxy groups -OCH3 is 1. The SMILES string of the molecule is COc1cccc(-c2ccc(CNC(=O)C(C)c3ccc(-c4ccccc4)c(F)c3)c3cnccc23)c1. The summed E-state index contributed by atoms with van der Waals surface area (Å²) in [4.78, 5) is 17.3. The van der Waals surface area contributed by atoms with Crippen LogP contribution in [0, 0.1) is 5.82 Å². The third-order valence-corrected chi connectivity index (χ3v) is 6.71. The summed E-state index contributed by atoms with van der Waals surface area (Å²) in [5.41, 5.74) is 5.03. The molecule has 0 saturated heterocycles. The summed E-state index contributed by atoms with van der Waals surface area (Å²) in [7, 11) is 1.65. The fourth-order valence-electron chi connectivity index (χ4n) is 4.58. The van der Waals surface area contributed by atoms with Crippen LogP contribution in [-0.4, -0.2) is 18.0 Å². The predicted molar refractivity (Wildman–Crippen MR) is 146 cm³/mol. The molecule has 0 spiro atoms. The molecule has 37 heavy (non-hydrogen) atoms. The van der Waals surface area contributed by atoms with E-state index < -0.39 is 5.92 Å². The molecule has 1 heterocycles. The summed E-state index contributed by atoms with van der Waals surface area (Å²) in [6.07, 6.45) is 3.59. The molecule has 184 valence electrons. The van der Waals surface area contributed by atoms with Gasteiger partial charge in [0, 0.05) is 29.9 Å². The van der Waals surface area contributed by atoms with E-state index in [1.807, 2.05) is 79.0 Å². The van der Waals surface area contributed by atoms with Crippen molar-refractivity contribution in [2.45, 2.75) is 19.4 Å². The van der Waals surface area contributed by atoms with Crippen molar-refractivity contribution in [3.8, 4) is 28.0 Å². The fraction of sp³-hybridized carbons (Fsp3) is 0.125. The zero-order chi connectivity index (χ0) is 25.8. The number of nitrogens with one attached hydrogen (secondary N) is 1. The van der Waals surface area contributed by atoms with E-state index >= 15 is 0 Å². The molecular weight excluding hydrogens is 463 g/mol. The summed E-state index contributed by atoms with van der Waals surface area (Å²) in [5.74, 6) is -0.215. The average molecular weight is 491 g/mol. The topological polar surface area (TPSA) is 51.2 Å². The summed E-state index contributed by atoms with van der Waals surface area (Å²) in [5, 5.41) is 5.03. The molecule has 1 unspecified atom stereocenters. The van der Waals surface area contributed by atoms with Gasteiger partial charge in [-0.2, -0.15) is 0 Å². The lowest BCUT2D eigenvalue weighted by atomic mass is 9.95. The number of ether oxygens (including phenoxy) is 1. The number of rotatable bonds is 7. The molecule has 4 aromatic carbocycles. The third kappa shape index (κ3) is 5.07. The molecule has 5 rings (SSSR count). The molecule has 5 heteroatoms. The average Bonchev–Trinajstić information content (AvgIpc) is 2.95. The fourth-order valence-corrected chi connectivity index (χ4v) is 4.58. The number of fused-ring (bicyclic) bond motifs is 1. The Morgan fingerprint density at radius 1 is 0.892 bits per heavy atom. The number of aromatic nitrogens is 1. The molecule has 5 aromatic rings. The van der Waals surface area contributed by atoms with E-state index in [-0.39, 0.29) is 11.7 Å². The van der Waals surface area contributed by atoms with Gasteiger partial charge < -0.3 is 10.1 Å². The first-order chi connectivity index (χ1) is 18.0. The monoisotopic (exact) mass is 490 g/mol. The van der Waals surface area contributed by atoms with Gasteiger partial charge in [-0.25, -0.2) is 4.39 Å². The van der Waals surface area contributed by atoms with Gasteiger partial charge in [0.05, 0.1) is 13.0 Å². The van der Waals surface area contributed by atoms with E-state index in [2.05, 4.69) is 16.4 Å². The van der Waals surface area contributed by atoms with Crippen molar-refractivity contribution < 1.29 is 13.9 Å². The highest BCUT2D eigenvalue weighted by Gasteiger charge is 2.18. The second kappa shape index (κ2) is 10.6. The largest absolute Gasteiger partial charge is 0.497 e. The molecule has 0 aliphatic rings. The van der Waals surface area contributed by atoms with Crippen LogP contribution in [0.4, 0.5) is 4.39 Å². The highest BCUT2D eigenvalue weighted by molar-refractivity contribution is 5.98. The molecule has 1 N–H and O–H groups in total. The van der Waals surface area contributed by atoms with Gasteiger partial charge in [0.15, 0.2) is 0 Å². The lowest BCUT2D eigenvalue weighted by Gasteiger charge is -2.16. The van der Waals surface area contributed by atoms with Gasteiger partial charge in [-0.3, -0.25) is 9.78 Å². The Morgan fingerprint density at radius 3 is 2.46 bits per heavy atom. The summed E-state index contributed by atoms with van der Waals surface area (Å²) >= 11 is 0. The summed E-state index contributed by atoms with van der Waals surface area (Å²) < 4.78 is 20.3. The van der Waals surface area contributed by atoms with Crippen LogP contribution in [0.3, 0.4) is 0 Å². The second-order valence-electron chi connectivity index (χ2n) is 8.97. The van der Waals surface area contributed by atoms with Gasteiger partial charge in [0.2, 0.25) is 5.91 Å². The molecule has 1 amide bonds. The Bertz CT molecular complexity index is 1570. The van der Waals surface area contributed by atoms with Gasteiger partial charge in [0.25, 0.3) is 0 Å². The number of amides is 1. The van der Waals surface area contributed by atoms with Crippen LogP contribution >= 0.6 is 0 Å². The molecule has 0 radical (unpaired) electrons. The van der Waals surface area contributed by atoms with Gasteiger partial charge >= 0.3 is 0 Å². The zero-order valence-electron chi connectivity index (χ0n) is 20.7. The van der Waals surface area contributed by atoms with Crippen molar-refractivity contribution in [1.29, 1.82) is 0 Å². The molecule has 0 bridgehead atoms. The molecule has 0 aliphatic heterocycles. The highest BCUT2D eigenvalue weighted by Crippen LogP contribution is 2.32. The molecule has 1 aromatic heterocycles. The number of nitrogens with zero attached hydrogens (tertiary/aromatic N) is 1. The Balaban J connectivity index is 1.35. The molecule has 4 nitrogen and oxygen atoms in total. The number of hydrogen-bond donors (Lipinski definition) is 1. The van der Waals surface area contributed by atoms with Crippen molar-refractivity contribution >= 4 is 16.7 Å². The van der Waals surface area contributed by atoms with Crippen molar-refractivity contribution in [2.24, 2.45) is 0 Å².